The summed E-state index contributed by atoms with van der Waals surface area (Å²) in [6, 6.07) is 0. The molecule has 0 aromatic rings. The Morgan fingerprint density at radius 1 is 0.938 bits per heavy atom. The number of likely N-dealkylation sites (N-methyl/N-ethyl adjacent to an activating group) is 1. The minimum atomic E-state index is -4.57. The van der Waals surface area contributed by atoms with Crippen LogP contribution in [0.15, 0.2) is 12.2 Å². The van der Waals surface area contributed by atoms with Crippen molar-refractivity contribution in [1.82, 2.24) is 0 Å². The third-order valence-corrected chi connectivity index (χ3v) is 6.20. The first kappa shape index (κ1) is 31.7. The molecule has 0 saturated carbocycles. The fourth-order valence-corrected chi connectivity index (χ4v) is 4.33. The second-order valence-corrected chi connectivity index (χ2v) is 11.2. The van der Waals surface area contributed by atoms with E-state index in [-0.39, 0.29) is 0 Å². The van der Waals surface area contributed by atoms with Crippen molar-refractivity contribution in [3.05, 3.63) is 12.2 Å². The fourth-order valence-electron chi connectivity index (χ4n) is 3.45. The molecule has 0 aliphatic rings. The highest BCUT2D eigenvalue weighted by atomic mass is 31.2. The van der Waals surface area contributed by atoms with Crippen molar-refractivity contribution in [1.29, 1.82) is 0 Å². The summed E-state index contributed by atoms with van der Waals surface area (Å²) in [6.45, 7) is 1.63. The number of rotatable bonds is 22. The van der Waals surface area contributed by atoms with Crippen molar-refractivity contribution in [2.24, 2.45) is 0 Å². The molecule has 0 amide bonds. The van der Waals surface area contributed by atoms with Crippen LogP contribution in [-0.2, 0) is 13.6 Å². The summed E-state index contributed by atoms with van der Waals surface area (Å²) < 4.78 is 22.5. The zero-order valence-electron chi connectivity index (χ0n) is 21.0. The average Bonchev–Trinajstić information content (AvgIpc) is 2.70. The highest BCUT2D eigenvalue weighted by Crippen LogP contribution is 2.40. The maximum Gasteiger partial charge on any atom is 0.268 e. The van der Waals surface area contributed by atoms with E-state index in [1.54, 1.807) is 6.08 Å². The Morgan fingerprint density at radius 2 is 1.44 bits per heavy atom. The minimum Gasteiger partial charge on any atom is -0.756 e. The van der Waals surface area contributed by atoms with Crippen molar-refractivity contribution in [3.8, 4) is 0 Å². The molecule has 0 aromatic heterocycles. The molecule has 8 heteroatoms. The SMILES string of the molecule is CCCCCCCCCCCCCCC=CC(C[N+](C)(C)C)OP(=O)([O-])OC[C@H](O)CO. The number of hydrogen-bond acceptors (Lipinski definition) is 6. The van der Waals surface area contributed by atoms with Crippen LogP contribution in [0.5, 0.6) is 0 Å². The van der Waals surface area contributed by atoms with Crippen molar-refractivity contribution < 1.29 is 33.2 Å². The van der Waals surface area contributed by atoms with Gasteiger partial charge in [0.1, 0.15) is 18.8 Å². The first-order valence-corrected chi connectivity index (χ1v) is 14.0. The Bertz CT molecular complexity index is 509. The second-order valence-electron chi connectivity index (χ2n) is 9.80. The van der Waals surface area contributed by atoms with Gasteiger partial charge in [-0.3, -0.25) is 4.57 Å². The molecule has 3 atom stereocenters. The third kappa shape index (κ3) is 21.6. The molecule has 2 unspecified atom stereocenters. The van der Waals surface area contributed by atoms with E-state index in [1.165, 1.54) is 70.6 Å². The number of allylic oxidation sites excluding steroid dienone is 1. The zero-order chi connectivity index (χ0) is 24.3. The number of aliphatic hydroxyl groups excluding tert-OH is 2. The van der Waals surface area contributed by atoms with Crippen LogP contribution in [-0.4, -0.2) is 67.8 Å². The Hall–Kier alpha value is -0.270. The first-order valence-electron chi connectivity index (χ1n) is 12.5. The lowest BCUT2D eigenvalue weighted by molar-refractivity contribution is -0.872. The van der Waals surface area contributed by atoms with Crippen LogP contribution in [0.25, 0.3) is 0 Å². The molecule has 0 aromatic carbocycles. The molecule has 0 saturated heterocycles. The van der Waals surface area contributed by atoms with E-state index in [0.29, 0.717) is 11.0 Å². The predicted molar refractivity (Wildman–Crippen MR) is 129 cm³/mol. The number of aliphatic hydroxyl groups is 2. The summed E-state index contributed by atoms with van der Waals surface area (Å²) in [6.07, 6.45) is 18.5. The van der Waals surface area contributed by atoms with Crippen LogP contribution in [0.4, 0.5) is 0 Å². The third-order valence-electron chi connectivity index (χ3n) is 5.20. The summed E-state index contributed by atoms with van der Waals surface area (Å²) in [5.41, 5.74) is 0. The van der Waals surface area contributed by atoms with Gasteiger partial charge in [-0.2, -0.15) is 0 Å². The Morgan fingerprint density at radius 3 is 1.91 bits per heavy atom. The fraction of sp³-hybridized carbons (Fsp3) is 0.917. The van der Waals surface area contributed by atoms with E-state index < -0.39 is 33.2 Å². The van der Waals surface area contributed by atoms with Crippen LogP contribution in [0.3, 0.4) is 0 Å². The molecule has 0 heterocycles. The Balaban J connectivity index is 4.09. The van der Waals surface area contributed by atoms with E-state index in [2.05, 4.69) is 11.4 Å². The highest BCUT2D eigenvalue weighted by Gasteiger charge is 2.22. The van der Waals surface area contributed by atoms with E-state index in [4.69, 9.17) is 9.63 Å². The van der Waals surface area contributed by atoms with Gasteiger partial charge < -0.3 is 28.6 Å². The lowest BCUT2D eigenvalue weighted by Crippen LogP contribution is -2.42. The minimum absolute atomic E-state index is 0.465. The van der Waals surface area contributed by atoms with Gasteiger partial charge in [0.2, 0.25) is 0 Å². The van der Waals surface area contributed by atoms with Crippen LogP contribution in [0.2, 0.25) is 0 Å². The molecule has 0 aliphatic heterocycles. The molecule has 0 rings (SSSR count). The Labute approximate surface area is 197 Å². The highest BCUT2D eigenvalue weighted by molar-refractivity contribution is 7.45. The summed E-state index contributed by atoms with van der Waals surface area (Å²) in [5.74, 6) is 0. The van der Waals surface area contributed by atoms with Gasteiger partial charge in [-0.25, -0.2) is 0 Å². The topological polar surface area (TPSA) is 99.1 Å². The molecule has 0 bridgehead atoms. The molecule has 0 fully saturated rings. The monoisotopic (exact) mass is 479 g/mol. The molecule has 2 N–H and O–H groups in total. The van der Waals surface area contributed by atoms with Crippen LogP contribution < -0.4 is 4.89 Å². The van der Waals surface area contributed by atoms with Gasteiger partial charge in [-0.15, -0.1) is 0 Å². The summed E-state index contributed by atoms with van der Waals surface area (Å²) in [5, 5.41) is 18.1. The Kier molecular flexibility index (Phi) is 18.9. The van der Waals surface area contributed by atoms with Crippen LogP contribution in [0, 0.1) is 0 Å². The summed E-state index contributed by atoms with van der Waals surface area (Å²) in [7, 11) is 1.31. The van der Waals surface area contributed by atoms with Crippen molar-refractivity contribution >= 4 is 7.82 Å². The van der Waals surface area contributed by atoms with Gasteiger partial charge >= 0.3 is 0 Å². The summed E-state index contributed by atoms with van der Waals surface area (Å²) >= 11 is 0. The maximum absolute atomic E-state index is 12.0. The van der Waals surface area contributed by atoms with Gasteiger partial charge in [-0.1, -0.05) is 89.7 Å². The van der Waals surface area contributed by atoms with Crippen molar-refractivity contribution in [2.75, 3.05) is 40.9 Å². The largest absolute Gasteiger partial charge is 0.756 e. The normalized spacial score (nSPS) is 16.3. The number of phosphoric acid groups is 1. The van der Waals surface area contributed by atoms with E-state index in [1.807, 2.05) is 27.2 Å². The molecule has 32 heavy (non-hydrogen) atoms. The van der Waals surface area contributed by atoms with Crippen molar-refractivity contribution in [2.45, 2.75) is 103 Å². The standard InChI is InChI=1S/C24H50NO6P/c1-5-6-7-8-9-10-11-12-13-14-15-16-17-18-19-24(20-25(2,3)4)31-32(28,29)30-22-23(27)21-26/h18-19,23-24,26-27H,5-17,20-22H2,1-4H3/t23-,24?/m1/s1. The zero-order valence-corrected chi connectivity index (χ0v) is 21.9. The second kappa shape index (κ2) is 19.1. The van der Waals surface area contributed by atoms with Gasteiger partial charge in [0.15, 0.2) is 0 Å². The summed E-state index contributed by atoms with van der Waals surface area (Å²) in [4.78, 5) is 12.0. The van der Waals surface area contributed by atoms with Gasteiger partial charge in [-0.05, 0) is 12.8 Å². The van der Waals surface area contributed by atoms with E-state index in [0.717, 1.165) is 12.8 Å². The van der Waals surface area contributed by atoms with Gasteiger partial charge in [0, 0.05) is 0 Å². The number of unbranched alkanes of at least 4 members (excludes halogenated alkanes) is 12. The molecule has 0 aliphatic carbocycles. The molecule has 0 spiro atoms. The van der Waals surface area contributed by atoms with Gasteiger partial charge in [0.05, 0.1) is 34.4 Å². The van der Waals surface area contributed by atoms with E-state index in [9.17, 15) is 14.6 Å². The number of hydrogen-bond donors (Lipinski definition) is 2. The van der Waals surface area contributed by atoms with E-state index >= 15 is 0 Å². The molecular formula is C24H50NO6P. The molecular weight excluding hydrogens is 429 g/mol. The quantitative estimate of drug-likeness (QED) is 0.102. The van der Waals surface area contributed by atoms with Gasteiger partial charge in [0.25, 0.3) is 7.82 Å². The lowest BCUT2D eigenvalue weighted by atomic mass is 10.0. The molecule has 192 valence electrons. The smallest absolute Gasteiger partial charge is 0.268 e. The number of phosphoric ester groups is 1. The first-order chi connectivity index (χ1) is 15.1. The van der Waals surface area contributed by atoms with Crippen LogP contribution in [0.1, 0.15) is 90.4 Å². The van der Waals surface area contributed by atoms with Crippen molar-refractivity contribution in [3.63, 3.8) is 0 Å². The maximum atomic E-state index is 12.0. The average molecular weight is 480 g/mol. The number of quaternary nitrogens is 1. The van der Waals surface area contributed by atoms with Crippen LogP contribution >= 0.6 is 7.82 Å². The number of nitrogens with zero attached hydrogens (tertiary/aromatic N) is 1. The molecule has 0 radical (unpaired) electrons. The predicted octanol–water partition coefficient (Wildman–Crippen LogP) is 4.56. The lowest BCUT2D eigenvalue weighted by Gasteiger charge is -2.32. The molecule has 7 nitrogen and oxygen atoms in total.